The number of aliphatic imine (C=N–C) groups is 1. The van der Waals surface area contributed by atoms with Crippen molar-refractivity contribution in [3.8, 4) is 11.1 Å². The molecule has 3 aromatic rings. The van der Waals surface area contributed by atoms with Crippen molar-refractivity contribution >= 4 is 35.2 Å². The number of alkyl carbamates (subject to hydrolysis) is 1. The molecule has 1 saturated heterocycles. The number of anilines is 1. The van der Waals surface area contributed by atoms with E-state index in [1.165, 1.54) is 0 Å². The van der Waals surface area contributed by atoms with Gasteiger partial charge >= 0.3 is 6.09 Å². The molecule has 3 amide bonds. The Morgan fingerprint density at radius 3 is 2.24 bits per heavy atom. The van der Waals surface area contributed by atoms with Gasteiger partial charge in [-0.25, -0.2) is 9.79 Å². The van der Waals surface area contributed by atoms with Gasteiger partial charge < -0.3 is 25.0 Å². The van der Waals surface area contributed by atoms with Crippen molar-refractivity contribution in [1.82, 2.24) is 10.2 Å². The lowest BCUT2D eigenvalue weighted by Gasteiger charge is -2.29. The second-order valence-corrected chi connectivity index (χ2v) is 15.3. The number of morpholine rings is 1. The zero-order chi connectivity index (χ0) is 38.1. The summed E-state index contributed by atoms with van der Waals surface area (Å²) in [5.74, 6) is -0.0680. The lowest BCUT2D eigenvalue weighted by molar-refractivity contribution is -0.129. The third-order valence-electron chi connectivity index (χ3n) is 10.1. The molecule has 2 aliphatic heterocycles. The summed E-state index contributed by atoms with van der Waals surface area (Å²) < 4.78 is 10.8. The molecule has 0 spiro atoms. The molecule has 0 radical (unpaired) electrons. The first-order chi connectivity index (χ1) is 26.0. The Balaban J connectivity index is 1.13. The van der Waals surface area contributed by atoms with Gasteiger partial charge in [0.05, 0.1) is 13.2 Å². The molecule has 2 N–H and O–H groups in total. The number of nitrogens with one attached hydrogen (secondary N) is 2. The van der Waals surface area contributed by atoms with Crippen molar-refractivity contribution in [1.29, 1.82) is 0 Å². The van der Waals surface area contributed by atoms with Crippen LogP contribution in [0.4, 0.5) is 10.5 Å². The van der Waals surface area contributed by atoms with Crippen LogP contribution in [0.5, 0.6) is 0 Å². The lowest BCUT2D eigenvalue weighted by atomic mass is 9.77. The predicted molar refractivity (Wildman–Crippen MR) is 206 cm³/mol. The Bertz CT molecular complexity index is 1850. The molecular weight excluding hydrogens is 684 g/mol. The molecule has 2 heterocycles. The van der Waals surface area contributed by atoms with E-state index in [0.29, 0.717) is 75.9 Å². The van der Waals surface area contributed by atoms with Gasteiger partial charge in [0.15, 0.2) is 12.5 Å². The van der Waals surface area contributed by atoms with E-state index in [4.69, 9.17) is 9.47 Å². The number of nitrogens with zero attached hydrogens (tertiary/aromatic N) is 4. The van der Waals surface area contributed by atoms with Gasteiger partial charge in [0.1, 0.15) is 11.4 Å². The van der Waals surface area contributed by atoms with Gasteiger partial charge in [0.25, 0.3) is 5.91 Å². The highest BCUT2D eigenvalue weighted by molar-refractivity contribution is 6.02. The van der Waals surface area contributed by atoms with Crippen LogP contribution < -0.4 is 10.6 Å². The first-order valence-electron chi connectivity index (χ1n) is 18.9. The van der Waals surface area contributed by atoms with E-state index in [-0.39, 0.29) is 35.9 Å². The van der Waals surface area contributed by atoms with E-state index in [0.717, 1.165) is 35.1 Å². The Labute approximate surface area is 316 Å². The molecule has 284 valence electrons. The number of azo groups is 1. The average molecular weight is 735 g/mol. The largest absolute Gasteiger partial charge is 0.444 e. The summed E-state index contributed by atoms with van der Waals surface area (Å²) in [6.45, 7) is 8.51. The Morgan fingerprint density at radius 2 is 1.57 bits per heavy atom. The van der Waals surface area contributed by atoms with E-state index in [9.17, 15) is 19.2 Å². The molecule has 54 heavy (non-hydrogen) atoms. The molecule has 1 aliphatic carbocycles. The number of amides is 3. The van der Waals surface area contributed by atoms with Crippen molar-refractivity contribution < 1.29 is 28.7 Å². The first kappa shape index (κ1) is 38.5. The van der Waals surface area contributed by atoms with Gasteiger partial charge in [-0.15, -0.1) is 5.11 Å². The second-order valence-electron chi connectivity index (χ2n) is 15.3. The number of amidine groups is 1. The fraction of sp³-hybridized carbons (Fsp3) is 0.452. The van der Waals surface area contributed by atoms with Crippen LogP contribution in [-0.4, -0.2) is 79.5 Å². The van der Waals surface area contributed by atoms with Gasteiger partial charge in [-0.3, -0.25) is 14.4 Å². The standard InChI is InChI=1S/C42H50N6O6/c1-42(2,3)54-41(52)43-26-29-10-14-31(15-11-29)37(49)25-33(39(50)46-34-18-16-32(17-19-34)38-44-27-45-47-38)24-28-8-12-30(13-9-28)35-6-4-5-7-36(35)40(51)48-20-22-53-23-21-48/h4-9,12-13,16-19,29,31,33H,10-11,14-15,20-27H2,1-3H3,(H,43,52)(H,46,50)/t29?,31?,33-/m1/s1. The first-order valence-corrected chi connectivity index (χ1v) is 18.9. The van der Waals surface area contributed by atoms with E-state index < -0.39 is 17.6 Å². The number of carbonyl (C=O) groups excluding carboxylic acids is 4. The van der Waals surface area contributed by atoms with Gasteiger partial charge in [-0.1, -0.05) is 42.5 Å². The number of rotatable bonds is 12. The minimum atomic E-state index is -0.599. The summed E-state index contributed by atoms with van der Waals surface area (Å²) in [5.41, 5.74) is 4.17. The molecule has 2 fully saturated rings. The summed E-state index contributed by atoms with van der Waals surface area (Å²) in [5, 5.41) is 13.9. The highest BCUT2D eigenvalue weighted by Crippen LogP contribution is 2.32. The number of benzene rings is 3. The van der Waals surface area contributed by atoms with Gasteiger partial charge in [0.2, 0.25) is 5.91 Å². The maximum Gasteiger partial charge on any atom is 0.407 e. The summed E-state index contributed by atoms with van der Waals surface area (Å²) >= 11 is 0. The third kappa shape index (κ3) is 10.5. The normalized spacial score (nSPS) is 19.1. The Hall–Kier alpha value is -5.23. The number of hydrogen-bond acceptors (Lipinski definition) is 9. The van der Waals surface area contributed by atoms with Crippen LogP contribution in [0.3, 0.4) is 0 Å². The fourth-order valence-electron chi connectivity index (χ4n) is 7.19. The van der Waals surface area contributed by atoms with Crippen molar-refractivity contribution in [3.63, 3.8) is 0 Å². The molecule has 0 unspecified atom stereocenters. The molecule has 0 aromatic heterocycles. The third-order valence-corrected chi connectivity index (χ3v) is 10.1. The number of ketones is 1. The summed E-state index contributed by atoms with van der Waals surface area (Å²) in [4.78, 5) is 59.4. The predicted octanol–water partition coefficient (Wildman–Crippen LogP) is 7.08. The molecular formula is C42H50N6O6. The number of hydrogen-bond donors (Lipinski definition) is 2. The topological polar surface area (TPSA) is 151 Å². The monoisotopic (exact) mass is 734 g/mol. The minimum absolute atomic E-state index is 0.0183. The van der Waals surface area contributed by atoms with Crippen LogP contribution in [0.25, 0.3) is 11.1 Å². The van der Waals surface area contributed by atoms with Gasteiger partial charge in [0, 0.05) is 54.7 Å². The fourth-order valence-corrected chi connectivity index (χ4v) is 7.19. The summed E-state index contributed by atoms with van der Waals surface area (Å²) in [6.07, 6.45) is 3.12. The van der Waals surface area contributed by atoms with E-state index in [1.807, 2.05) is 86.3 Å². The number of Topliss-reactive ketones (excluding diaryl/α,β-unsaturated/α-hetero) is 1. The zero-order valence-corrected chi connectivity index (χ0v) is 31.4. The maximum absolute atomic E-state index is 13.9. The summed E-state index contributed by atoms with van der Waals surface area (Å²) in [6, 6.07) is 22.8. The van der Waals surface area contributed by atoms with Crippen LogP contribution in [0.1, 0.15) is 74.4 Å². The second kappa shape index (κ2) is 17.7. The molecule has 3 aliphatic rings. The van der Waals surface area contributed by atoms with E-state index in [1.54, 1.807) is 12.1 Å². The highest BCUT2D eigenvalue weighted by atomic mass is 16.6. The summed E-state index contributed by atoms with van der Waals surface area (Å²) in [7, 11) is 0. The van der Waals surface area contributed by atoms with E-state index >= 15 is 0 Å². The van der Waals surface area contributed by atoms with Crippen LogP contribution in [-0.2, 0) is 25.5 Å². The Morgan fingerprint density at radius 1 is 0.889 bits per heavy atom. The van der Waals surface area contributed by atoms with Crippen molar-refractivity contribution in [2.24, 2.45) is 33.0 Å². The average Bonchev–Trinajstić information content (AvgIpc) is 3.72. The van der Waals surface area contributed by atoms with Crippen molar-refractivity contribution in [2.75, 3.05) is 44.8 Å². The molecule has 3 aromatic carbocycles. The zero-order valence-electron chi connectivity index (χ0n) is 31.4. The molecule has 12 heteroatoms. The number of carbonyl (C=O) groups is 4. The van der Waals surface area contributed by atoms with Crippen molar-refractivity contribution in [2.45, 2.75) is 64.9 Å². The SMILES string of the molecule is CC(C)(C)OC(=O)NCC1CCC(C(=O)C[C@@H](Cc2ccc(-c3ccccc3C(=O)N3CCOCC3)cc2)C(=O)Nc2ccc(C3=NCN=N3)cc2)CC1. The van der Waals surface area contributed by atoms with Crippen molar-refractivity contribution in [3.05, 3.63) is 89.5 Å². The quantitative estimate of drug-likeness (QED) is 0.203. The Kier molecular flexibility index (Phi) is 12.6. The smallest absolute Gasteiger partial charge is 0.407 e. The van der Waals surface area contributed by atoms with Gasteiger partial charge in [-0.2, -0.15) is 5.11 Å². The van der Waals surface area contributed by atoms with Crippen LogP contribution in [0.15, 0.2) is 88.0 Å². The molecule has 0 bridgehead atoms. The lowest BCUT2D eigenvalue weighted by Crippen LogP contribution is -2.40. The molecule has 12 nitrogen and oxygen atoms in total. The van der Waals surface area contributed by atoms with Crippen LogP contribution in [0, 0.1) is 17.8 Å². The van der Waals surface area contributed by atoms with E-state index in [2.05, 4.69) is 25.9 Å². The molecule has 6 rings (SSSR count). The minimum Gasteiger partial charge on any atom is -0.444 e. The van der Waals surface area contributed by atoms with Gasteiger partial charge in [-0.05, 0) is 106 Å². The highest BCUT2D eigenvalue weighted by Gasteiger charge is 2.31. The maximum atomic E-state index is 13.9. The molecule has 1 atom stereocenters. The molecule has 1 saturated carbocycles. The van der Waals surface area contributed by atoms with Crippen LogP contribution in [0.2, 0.25) is 0 Å². The number of ether oxygens (including phenoxy) is 2. The van der Waals surface area contributed by atoms with Crippen LogP contribution >= 0.6 is 0 Å².